The Balaban J connectivity index is 2.68. The van der Waals surface area contributed by atoms with Crippen molar-refractivity contribution < 1.29 is 24.3 Å². The van der Waals surface area contributed by atoms with Crippen molar-refractivity contribution in [3.8, 4) is 0 Å². The van der Waals surface area contributed by atoms with E-state index in [9.17, 15) is 19.2 Å². The standard InChI is InChI=1S/C18H26N4O5/c1-11(2)16(18(26)27)22-15(24)10-20-17(25)13(21-14(23)9-19)8-12-6-4-3-5-7-12/h3-7,11,13,16H,8-10,19H2,1-2H3,(H,20,25)(H,21,23)(H,22,24)(H,26,27). The number of nitrogens with one attached hydrogen (secondary N) is 3. The largest absolute Gasteiger partial charge is 0.480 e. The Morgan fingerprint density at radius 1 is 1.04 bits per heavy atom. The smallest absolute Gasteiger partial charge is 0.326 e. The predicted molar refractivity (Wildman–Crippen MR) is 98.5 cm³/mol. The van der Waals surface area contributed by atoms with E-state index in [2.05, 4.69) is 16.0 Å². The van der Waals surface area contributed by atoms with Crippen LogP contribution in [0.15, 0.2) is 30.3 Å². The van der Waals surface area contributed by atoms with Crippen LogP contribution in [-0.4, -0.2) is 54.0 Å². The van der Waals surface area contributed by atoms with Crippen LogP contribution in [0.3, 0.4) is 0 Å². The van der Waals surface area contributed by atoms with Crippen molar-refractivity contribution in [1.82, 2.24) is 16.0 Å². The zero-order valence-corrected chi connectivity index (χ0v) is 15.4. The number of carboxylic acids is 1. The molecule has 0 aliphatic carbocycles. The van der Waals surface area contributed by atoms with Crippen LogP contribution >= 0.6 is 0 Å². The molecule has 148 valence electrons. The zero-order valence-electron chi connectivity index (χ0n) is 15.4. The summed E-state index contributed by atoms with van der Waals surface area (Å²) in [6.07, 6.45) is 0.226. The van der Waals surface area contributed by atoms with Gasteiger partial charge in [-0.15, -0.1) is 0 Å². The fourth-order valence-corrected chi connectivity index (χ4v) is 2.34. The molecule has 0 aliphatic heterocycles. The van der Waals surface area contributed by atoms with E-state index in [1.165, 1.54) is 0 Å². The third kappa shape index (κ3) is 7.87. The lowest BCUT2D eigenvalue weighted by Gasteiger charge is -2.20. The van der Waals surface area contributed by atoms with Gasteiger partial charge in [-0.3, -0.25) is 14.4 Å². The number of carboxylic acid groups (broad SMARTS) is 1. The van der Waals surface area contributed by atoms with Crippen molar-refractivity contribution in [2.45, 2.75) is 32.4 Å². The first kappa shape index (κ1) is 22.1. The molecule has 0 aromatic heterocycles. The number of rotatable bonds is 10. The van der Waals surface area contributed by atoms with Gasteiger partial charge in [0.2, 0.25) is 17.7 Å². The molecule has 0 bridgehead atoms. The van der Waals surface area contributed by atoms with Gasteiger partial charge in [-0.1, -0.05) is 44.2 Å². The average Bonchev–Trinajstić information content (AvgIpc) is 2.63. The molecule has 0 fully saturated rings. The SMILES string of the molecule is CC(C)C(NC(=O)CNC(=O)C(Cc1ccccc1)NC(=O)CN)C(=O)O. The lowest BCUT2D eigenvalue weighted by Crippen LogP contribution is -2.53. The molecular formula is C18H26N4O5. The maximum Gasteiger partial charge on any atom is 0.326 e. The monoisotopic (exact) mass is 378 g/mol. The molecule has 0 aliphatic rings. The summed E-state index contributed by atoms with van der Waals surface area (Å²) in [7, 11) is 0. The second-order valence-electron chi connectivity index (χ2n) is 6.36. The second-order valence-corrected chi connectivity index (χ2v) is 6.36. The Morgan fingerprint density at radius 3 is 2.19 bits per heavy atom. The highest BCUT2D eigenvalue weighted by Crippen LogP contribution is 2.04. The number of aliphatic carboxylic acids is 1. The molecule has 2 atom stereocenters. The third-order valence-corrected chi connectivity index (χ3v) is 3.79. The Bertz CT molecular complexity index is 663. The van der Waals surface area contributed by atoms with Crippen LogP contribution in [0.2, 0.25) is 0 Å². The molecule has 6 N–H and O–H groups in total. The molecule has 27 heavy (non-hydrogen) atoms. The summed E-state index contributed by atoms with van der Waals surface area (Å²) in [5, 5.41) is 16.4. The number of nitrogens with two attached hydrogens (primary N) is 1. The fourth-order valence-electron chi connectivity index (χ4n) is 2.34. The Hall–Kier alpha value is -2.94. The third-order valence-electron chi connectivity index (χ3n) is 3.79. The van der Waals surface area contributed by atoms with Gasteiger partial charge < -0.3 is 26.8 Å². The van der Waals surface area contributed by atoms with Gasteiger partial charge in [0.1, 0.15) is 12.1 Å². The van der Waals surface area contributed by atoms with E-state index in [4.69, 9.17) is 10.8 Å². The van der Waals surface area contributed by atoms with Crippen LogP contribution in [0.1, 0.15) is 19.4 Å². The molecule has 3 amide bonds. The molecule has 0 saturated heterocycles. The van der Waals surface area contributed by atoms with E-state index in [1.54, 1.807) is 26.0 Å². The molecule has 0 spiro atoms. The molecule has 2 unspecified atom stereocenters. The van der Waals surface area contributed by atoms with Gasteiger partial charge in [-0.05, 0) is 11.5 Å². The predicted octanol–water partition coefficient (Wildman–Crippen LogP) is -0.986. The van der Waals surface area contributed by atoms with E-state index >= 15 is 0 Å². The lowest BCUT2D eigenvalue weighted by molar-refractivity contribution is -0.143. The lowest BCUT2D eigenvalue weighted by atomic mass is 10.0. The van der Waals surface area contributed by atoms with Gasteiger partial charge in [0.25, 0.3) is 0 Å². The summed E-state index contributed by atoms with van der Waals surface area (Å²) in [5.41, 5.74) is 6.11. The van der Waals surface area contributed by atoms with Crippen molar-refractivity contribution in [1.29, 1.82) is 0 Å². The Kier molecular flexibility index (Phi) is 8.94. The Morgan fingerprint density at radius 2 is 1.67 bits per heavy atom. The van der Waals surface area contributed by atoms with Gasteiger partial charge >= 0.3 is 5.97 Å². The number of amides is 3. The fraction of sp³-hybridized carbons (Fsp3) is 0.444. The van der Waals surface area contributed by atoms with E-state index < -0.39 is 42.3 Å². The molecule has 1 rings (SSSR count). The summed E-state index contributed by atoms with van der Waals surface area (Å²) in [4.78, 5) is 47.0. The number of carbonyl (C=O) groups excluding carboxylic acids is 3. The minimum Gasteiger partial charge on any atom is -0.480 e. The Labute approximate surface area is 157 Å². The van der Waals surface area contributed by atoms with Gasteiger partial charge in [0, 0.05) is 6.42 Å². The number of carbonyl (C=O) groups is 4. The number of benzene rings is 1. The van der Waals surface area contributed by atoms with Crippen LogP contribution in [-0.2, 0) is 25.6 Å². The van der Waals surface area contributed by atoms with E-state index in [0.29, 0.717) is 0 Å². The van der Waals surface area contributed by atoms with Crippen molar-refractivity contribution in [2.75, 3.05) is 13.1 Å². The summed E-state index contributed by atoms with van der Waals surface area (Å²) >= 11 is 0. The molecule has 9 heteroatoms. The number of hydrogen-bond acceptors (Lipinski definition) is 5. The number of hydrogen-bond donors (Lipinski definition) is 5. The molecule has 1 aromatic rings. The maximum atomic E-state index is 12.4. The molecule has 9 nitrogen and oxygen atoms in total. The average molecular weight is 378 g/mol. The van der Waals surface area contributed by atoms with Crippen LogP contribution in [0, 0.1) is 5.92 Å². The minimum atomic E-state index is -1.15. The first-order valence-electron chi connectivity index (χ1n) is 8.57. The van der Waals surface area contributed by atoms with Crippen molar-refractivity contribution in [3.05, 3.63) is 35.9 Å². The topological polar surface area (TPSA) is 151 Å². The van der Waals surface area contributed by atoms with Crippen LogP contribution in [0.25, 0.3) is 0 Å². The maximum absolute atomic E-state index is 12.4. The van der Waals surface area contributed by atoms with E-state index in [-0.39, 0.29) is 18.9 Å². The normalized spacial score (nSPS) is 12.7. The second kappa shape index (κ2) is 10.9. The molecule has 1 aromatic carbocycles. The van der Waals surface area contributed by atoms with Crippen molar-refractivity contribution >= 4 is 23.7 Å². The highest BCUT2D eigenvalue weighted by Gasteiger charge is 2.25. The zero-order chi connectivity index (χ0) is 20.4. The summed E-state index contributed by atoms with van der Waals surface area (Å²) in [6, 6.07) is 7.10. The molecule has 0 radical (unpaired) electrons. The van der Waals surface area contributed by atoms with E-state index in [1.807, 2.05) is 18.2 Å². The molecular weight excluding hydrogens is 352 g/mol. The van der Waals surface area contributed by atoms with Crippen LogP contribution in [0.5, 0.6) is 0 Å². The summed E-state index contributed by atoms with van der Waals surface area (Å²) in [6.45, 7) is 2.65. The molecule has 0 heterocycles. The molecule has 0 saturated carbocycles. The minimum absolute atomic E-state index is 0.226. The summed E-state index contributed by atoms with van der Waals surface area (Å²) < 4.78 is 0. The van der Waals surface area contributed by atoms with Crippen LogP contribution in [0.4, 0.5) is 0 Å². The van der Waals surface area contributed by atoms with Crippen molar-refractivity contribution in [3.63, 3.8) is 0 Å². The van der Waals surface area contributed by atoms with Gasteiger partial charge in [-0.2, -0.15) is 0 Å². The van der Waals surface area contributed by atoms with Gasteiger partial charge in [-0.25, -0.2) is 4.79 Å². The summed E-state index contributed by atoms with van der Waals surface area (Å²) in [5.74, 6) is -3.15. The first-order chi connectivity index (χ1) is 12.7. The highest BCUT2D eigenvalue weighted by atomic mass is 16.4. The van der Waals surface area contributed by atoms with Crippen LogP contribution < -0.4 is 21.7 Å². The highest BCUT2D eigenvalue weighted by molar-refractivity contribution is 5.92. The quantitative estimate of drug-likeness (QED) is 0.353. The van der Waals surface area contributed by atoms with E-state index in [0.717, 1.165) is 5.56 Å². The first-order valence-corrected chi connectivity index (χ1v) is 8.57. The van der Waals surface area contributed by atoms with Gasteiger partial charge in [0.15, 0.2) is 0 Å². The van der Waals surface area contributed by atoms with Crippen molar-refractivity contribution in [2.24, 2.45) is 11.7 Å². The van der Waals surface area contributed by atoms with Gasteiger partial charge in [0.05, 0.1) is 13.1 Å².